The predicted octanol–water partition coefficient (Wildman–Crippen LogP) is 3.72. The molecule has 0 unspecified atom stereocenters. The Hall–Kier alpha value is -1.24. The lowest BCUT2D eigenvalue weighted by molar-refractivity contribution is 0.471. The lowest BCUT2D eigenvalue weighted by Crippen LogP contribution is -2.11. The maximum absolute atomic E-state index is 9.56. The normalized spacial score (nSPS) is 11.4. The fraction of sp³-hybridized carbons (Fsp3) is 0.385. The zero-order chi connectivity index (χ0) is 10.9. The van der Waals surface area contributed by atoms with Crippen molar-refractivity contribution in [2.75, 3.05) is 0 Å². The number of aromatic hydroxyl groups is 1. The van der Waals surface area contributed by atoms with Crippen LogP contribution in [-0.2, 0) is 5.41 Å². The Morgan fingerprint density at radius 2 is 1.79 bits per heavy atom. The summed E-state index contributed by atoms with van der Waals surface area (Å²) in [5.74, 6) is 0.315. The summed E-state index contributed by atoms with van der Waals surface area (Å²) in [6.45, 7) is 12.2. The Labute approximate surface area is 86.1 Å². The Balaban J connectivity index is 3.28. The molecule has 0 spiro atoms. The molecule has 1 aromatic carbocycles. The van der Waals surface area contributed by atoms with E-state index < -0.39 is 0 Å². The Morgan fingerprint density at radius 3 is 2.21 bits per heavy atom. The number of rotatable bonds is 1. The topological polar surface area (TPSA) is 20.2 Å². The fourth-order valence-corrected chi connectivity index (χ4v) is 1.29. The quantitative estimate of drug-likeness (QED) is 0.715. The van der Waals surface area contributed by atoms with E-state index in [2.05, 4.69) is 33.4 Å². The molecule has 14 heavy (non-hydrogen) atoms. The SMILES string of the molecule is C=C(C)c1cc(O)cc(C(C)(C)C)c1. The number of hydrogen-bond acceptors (Lipinski definition) is 1. The first kappa shape index (κ1) is 10.8. The minimum absolute atomic E-state index is 0.0585. The third-order valence-electron chi connectivity index (χ3n) is 2.28. The molecule has 0 aromatic heterocycles. The zero-order valence-electron chi connectivity index (χ0n) is 9.39. The molecule has 76 valence electrons. The zero-order valence-corrected chi connectivity index (χ0v) is 9.39. The summed E-state index contributed by atoms with van der Waals surface area (Å²) in [5, 5.41) is 9.56. The van der Waals surface area contributed by atoms with Gasteiger partial charge in [0.25, 0.3) is 0 Å². The molecule has 0 aliphatic carbocycles. The fourth-order valence-electron chi connectivity index (χ4n) is 1.29. The van der Waals surface area contributed by atoms with Gasteiger partial charge in [0.2, 0.25) is 0 Å². The van der Waals surface area contributed by atoms with Crippen LogP contribution in [0.4, 0.5) is 0 Å². The molecule has 0 fully saturated rings. The Kier molecular flexibility index (Phi) is 2.70. The number of phenolic OH excluding ortho intramolecular Hbond substituents is 1. The van der Waals surface area contributed by atoms with Crippen LogP contribution in [0.25, 0.3) is 5.57 Å². The van der Waals surface area contributed by atoms with Gasteiger partial charge in [-0.2, -0.15) is 0 Å². The van der Waals surface area contributed by atoms with Gasteiger partial charge in [-0.05, 0) is 35.6 Å². The standard InChI is InChI=1S/C13H18O/c1-9(2)10-6-11(13(3,4)5)8-12(14)7-10/h6-8,14H,1H2,2-5H3. The number of benzene rings is 1. The average Bonchev–Trinajstić information content (AvgIpc) is 2.01. The molecule has 0 aliphatic heterocycles. The van der Waals surface area contributed by atoms with Gasteiger partial charge in [0.15, 0.2) is 0 Å². The van der Waals surface area contributed by atoms with Gasteiger partial charge in [0.1, 0.15) is 5.75 Å². The molecule has 1 N–H and O–H groups in total. The highest BCUT2D eigenvalue weighted by molar-refractivity contribution is 5.63. The molecule has 0 heterocycles. The number of phenols is 1. The van der Waals surface area contributed by atoms with Gasteiger partial charge in [-0.15, -0.1) is 0 Å². The first-order valence-electron chi connectivity index (χ1n) is 4.81. The van der Waals surface area contributed by atoms with E-state index in [9.17, 15) is 5.11 Å². The van der Waals surface area contributed by atoms with Gasteiger partial charge < -0.3 is 5.11 Å². The van der Waals surface area contributed by atoms with Crippen LogP contribution in [0.5, 0.6) is 5.75 Å². The van der Waals surface area contributed by atoms with Crippen molar-refractivity contribution in [2.45, 2.75) is 33.1 Å². The van der Waals surface area contributed by atoms with Crippen LogP contribution in [0.2, 0.25) is 0 Å². The van der Waals surface area contributed by atoms with Crippen molar-refractivity contribution in [1.82, 2.24) is 0 Å². The molecule has 0 amide bonds. The van der Waals surface area contributed by atoms with E-state index in [4.69, 9.17) is 0 Å². The maximum Gasteiger partial charge on any atom is 0.116 e. The lowest BCUT2D eigenvalue weighted by Gasteiger charge is -2.20. The van der Waals surface area contributed by atoms with Crippen LogP contribution >= 0.6 is 0 Å². The summed E-state index contributed by atoms with van der Waals surface area (Å²) in [4.78, 5) is 0. The van der Waals surface area contributed by atoms with E-state index in [1.54, 1.807) is 6.07 Å². The van der Waals surface area contributed by atoms with E-state index in [-0.39, 0.29) is 5.41 Å². The molecule has 0 aliphatic rings. The van der Waals surface area contributed by atoms with Gasteiger partial charge in [-0.25, -0.2) is 0 Å². The minimum atomic E-state index is 0.0585. The average molecular weight is 190 g/mol. The molecular formula is C13H18O. The smallest absolute Gasteiger partial charge is 0.116 e. The molecular weight excluding hydrogens is 172 g/mol. The van der Waals surface area contributed by atoms with Crippen LogP contribution in [0.3, 0.4) is 0 Å². The van der Waals surface area contributed by atoms with Crippen molar-refractivity contribution in [3.05, 3.63) is 35.9 Å². The monoisotopic (exact) mass is 190 g/mol. The van der Waals surface area contributed by atoms with Gasteiger partial charge in [-0.1, -0.05) is 39.0 Å². The summed E-state index contributed by atoms with van der Waals surface area (Å²) in [6, 6.07) is 5.64. The van der Waals surface area contributed by atoms with Gasteiger partial charge in [0, 0.05) is 0 Å². The van der Waals surface area contributed by atoms with E-state index in [0.717, 1.165) is 16.7 Å². The third-order valence-corrected chi connectivity index (χ3v) is 2.28. The number of allylic oxidation sites excluding steroid dienone is 1. The largest absolute Gasteiger partial charge is 0.508 e. The first-order chi connectivity index (χ1) is 6.30. The second-order valence-electron chi connectivity index (χ2n) is 4.80. The van der Waals surface area contributed by atoms with Crippen LogP contribution in [-0.4, -0.2) is 5.11 Å². The van der Waals surface area contributed by atoms with Crippen molar-refractivity contribution in [2.24, 2.45) is 0 Å². The van der Waals surface area contributed by atoms with Crippen LogP contribution in [0.15, 0.2) is 24.8 Å². The third kappa shape index (κ3) is 2.38. The van der Waals surface area contributed by atoms with Gasteiger partial charge >= 0.3 is 0 Å². The molecule has 0 bridgehead atoms. The summed E-state index contributed by atoms with van der Waals surface area (Å²) >= 11 is 0. The van der Waals surface area contributed by atoms with E-state index in [1.165, 1.54) is 0 Å². The van der Waals surface area contributed by atoms with Crippen molar-refractivity contribution < 1.29 is 5.11 Å². The first-order valence-corrected chi connectivity index (χ1v) is 4.81. The molecule has 0 saturated heterocycles. The van der Waals surface area contributed by atoms with Crippen molar-refractivity contribution >= 4 is 5.57 Å². The minimum Gasteiger partial charge on any atom is -0.508 e. The molecule has 1 heteroatoms. The Morgan fingerprint density at radius 1 is 1.21 bits per heavy atom. The summed E-state index contributed by atoms with van der Waals surface area (Å²) in [7, 11) is 0. The van der Waals surface area contributed by atoms with Gasteiger partial charge in [0.05, 0.1) is 0 Å². The number of hydrogen-bond donors (Lipinski definition) is 1. The highest BCUT2D eigenvalue weighted by atomic mass is 16.3. The second kappa shape index (κ2) is 3.49. The highest BCUT2D eigenvalue weighted by Gasteiger charge is 2.15. The van der Waals surface area contributed by atoms with Gasteiger partial charge in [-0.3, -0.25) is 0 Å². The van der Waals surface area contributed by atoms with Crippen molar-refractivity contribution in [3.63, 3.8) is 0 Å². The summed E-state index contributed by atoms with van der Waals surface area (Å²) < 4.78 is 0. The van der Waals surface area contributed by atoms with E-state index >= 15 is 0 Å². The molecule has 0 saturated carbocycles. The second-order valence-corrected chi connectivity index (χ2v) is 4.80. The Bertz CT molecular complexity index is 356. The van der Waals surface area contributed by atoms with Crippen LogP contribution in [0.1, 0.15) is 38.8 Å². The highest BCUT2D eigenvalue weighted by Crippen LogP contribution is 2.29. The molecule has 1 nitrogen and oxygen atoms in total. The van der Waals surface area contributed by atoms with Crippen molar-refractivity contribution in [1.29, 1.82) is 0 Å². The van der Waals surface area contributed by atoms with Crippen LogP contribution < -0.4 is 0 Å². The molecule has 1 rings (SSSR count). The van der Waals surface area contributed by atoms with Crippen LogP contribution in [0, 0.1) is 0 Å². The summed E-state index contributed by atoms with van der Waals surface area (Å²) in [6.07, 6.45) is 0. The summed E-state index contributed by atoms with van der Waals surface area (Å²) in [5.41, 5.74) is 3.18. The molecule has 1 aromatic rings. The lowest BCUT2D eigenvalue weighted by atomic mass is 9.85. The predicted molar refractivity (Wildman–Crippen MR) is 61.5 cm³/mol. The molecule has 0 radical (unpaired) electrons. The molecule has 0 atom stereocenters. The van der Waals surface area contributed by atoms with E-state index in [1.807, 2.05) is 13.0 Å². The van der Waals surface area contributed by atoms with Crippen molar-refractivity contribution in [3.8, 4) is 5.75 Å². The van der Waals surface area contributed by atoms with E-state index in [0.29, 0.717) is 5.75 Å². The maximum atomic E-state index is 9.56.